The van der Waals surface area contributed by atoms with Crippen LogP contribution in [0.3, 0.4) is 0 Å². The summed E-state index contributed by atoms with van der Waals surface area (Å²) in [5.41, 5.74) is 1.63. The number of hydrogen-bond acceptors (Lipinski definition) is 2. The van der Waals surface area contributed by atoms with Crippen molar-refractivity contribution in [2.45, 2.75) is 13.3 Å². The van der Waals surface area contributed by atoms with Gasteiger partial charge in [-0.3, -0.25) is 4.79 Å². The molecule has 2 rings (SSSR count). The summed E-state index contributed by atoms with van der Waals surface area (Å²) in [5, 5.41) is 2.87. The quantitative estimate of drug-likeness (QED) is 0.730. The number of amides is 1. The fourth-order valence-corrected chi connectivity index (χ4v) is 2.88. The molecule has 2 aromatic carbocycles. The van der Waals surface area contributed by atoms with Crippen LogP contribution in [0.25, 0.3) is 0 Å². The standard InChI is InChI=1S/C18H20BrFN2O/c1-2-22(15-7-4-3-5-8-15)12-6-11-21-18(23)16-10-9-14(20)13-17(16)19/h3-5,7-10,13H,2,6,11-12H2,1H3,(H,21,23). The molecule has 0 spiro atoms. The van der Waals surface area contributed by atoms with Gasteiger partial charge in [0, 0.05) is 29.8 Å². The lowest BCUT2D eigenvalue weighted by Crippen LogP contribution is -2.30. The minimum Gasteiger partial charge on any atom is -0.372 e. The number of carbonyl (C=O) groups excluding carboxylic acids is 1. The molecule has 0 atom stereocenters. The predicted octanol–water partition coefficient (Wildman–Crippen LogP) is 4.23. The van der Waals surface area contributed by atoms with Crippen molar-refractivity contribution in [3.05, 3.63) is 64.4 Å². The Bertz CT molecular complexity index is 649. The molecule has 3 nitrogen and oxygen atoms in total. The van der Waals surface area contributed by atoms with Gasteiger partial charge < -0.3 is 10.2 Å². The van der Waals surface area contributed by atoms with Crippen molar-refractivity contribution in [3.8, 4) is 0 Å². The Morgan fingerprint density at radius 2 is 1.96 bits per heavy atom. The van der Waals surface area contributed by atoms with Crippen LogP contribution < -0.4 is 10.2 Å². The van der Waals surface area contributed by atoms with Gasteiger partial charge in [-0.15, -0.1) is 0 Å². The van der Waals surface area contributed by atoms with E-state index < -0.39 is 0 Å². The van der Waals surface area contributed by atoms with Gasteiger partial charge in [0.1, 0.15) is 5.82 Å². The largest absolute Gasteiger partial charge is 0.372 e. The average molecular weight is 379 g/mol. The van der Waals surface area contributed by atoms with Crippen molar-refractivity contribution in [3.63, 3.8) is 0 Å². The lowest BCUT2D eigenvalue weighted by atomic mass is 10.2. The van der Waals surface area contributed by atoms with Gasteiger partial charge in [0.2, 0.25) is 0 Å². The number of nitrogens with one attached hydrogen (secondary N) is 1. The Morgan fingerprint density at radius 1 is 1.22 bits per heavy atom. The molecule has 0 heterocycles. The van der Waals surface area contributed by atoms with Gasteiger partial charge in [-0.25, -0.2) is 4.39 Å². The highest BCUT2D eigenvalue weighted by atomic mass is 79.9. The Hall–Kier alpha value is -1.88. The molecular weight excluding hydrogens is 359 g/mol. The smallest absolute Gasteiger partial charge is 0.252 e. The highest BCUT2D eigenvalue weighted by Crippen LogP contribution is 2.18. The molecule has 0 fully saturated rings. The van der Waals surface area contributed by atoms with E-state index in [-0.39, 0.29) is 11.7 Å². The second-order valence-corrected chi connectivity index (χ2v) is 6.00. The first-order valence-electron chi connectivity index (χ1n) is 7.65. The van der Waals surface area contributed by atoms with Crippen LogP contribution in [0, 0.1) is 5.82 Å². The summed E-state index contributed by atoms with van der Waals surface area (Å²) in [6.07, 6.45) is 0.841. The van der Waals surface area contributed by atoms with E-state index in [2.05, 4.69) is 45.2 Å². The van der Waals surface area contributed by atoms with Crippen molar-refractivity contribution in [2.75, 3.05) is 24.5 Å². The molecule has 0 unspecified atom stereocenters. The third-order valence-corrected chi connectivity index (χ3v) is 4.23. The van der Waals surface area contributed by atoms with Gasteiger partial charge in [-0.2, -0.15) is 0 Å². The predicted molar refractivity (Wildman–Crippen MR) is 95.4 cm³/mol. The normalized spacial score (nSPS) is 10.4. The summed E-state index contributed by atoms with van der Waals surface area (Å²) in [5.74, 6) is -0.561. The molecule has 2 aromatic rings. The molecule has 1 amide bonds. The van der Waals surface area contributed by atoms with Crippen LogP contribution in [0.5, 0.6) is 0 Å². The van der Waals surface area contributed by atoms with Gasteiger partial charge in [-0.05, 0) is 59.6 Å². The van der Waals surface area contributed by atoms with E-state index >= 15 is 0 Å². The first-order chi connectivity index (χ1) is 11.1. The first-order valence-corrected chi connectivity index (χ1v) is 8.44. The van der Waals surface area contributed by atoms with Gasteiger partial charge in [-0.1, -0.05) is 18.2 Å². The zero-order valence-corrected chi connectivity index (χ0v) is 14.6. The lowest BCUT2D eigenvalue weighted by Gasteiger charge is -2.23. The lowest BCUT2D eigenvalue weighted by molar-refractivity contribution is 0.0952. The summed E-state index contributed by atoms with van der Waals surface area (Å²) >= 11 is 3.21. The van der Waals surface area contributed by atoms with Crippen molar-refractivity contribution in [1.29, 1.82) is 0 Å². The van der Waals surface area contributed by atoms with Crippen molar-refractivity contribution in [2.24, 2.45) is 0 Å². The number of halogens is 2. The summed E-state index contributed by atoms with van der Waals surface area (Å²) < 4.78 is 13.5. The van der Waals surface area contributed by atoms with Crippen molar-refractivity contribution < 1.29 is 9.18 Å². The van der Waals surface area contributed by atoms with Gasteiger partial charge >= 0.3 is 0 Å². The number of rotatable bonds is 7. The van der Waals surface area contributed by atoms with Crippen LogP contribution >= 0.6 is 15.9 Å². The summed E-state index contributed by atoms with van der Waals surface area (Å²) in [6.45, 7) is 4.47. The molecule has 0 saturated heterocycles. The molecule has 0 radical (unpaired) electrons. The molecule has 0 aromatic heterocycles. The number of benzene rings is 2. The molecular formula is C18H20BrFN2O. The van der Waals surface area contributed by atoms with E-state index in [4.69, 9.17) is 0 Å². The Labute approximate surface area is 144 Å². The Balaban J connectivity index is 1.81. The topological polar surface area (TPSA) is 32.3 Å². The van der Waals surface area contributed by atoms with Gasteiger partial charge in [0.15, 0.2) is 0 Å². The number of nitrogens with zero attached hydrogens (tertiary/aromatic N) is 1. The van der Waals surface area contributed by atoms with Crippen molar-refractivity contribution >= 4 is 27.5 Å². The average Bonchev–Trinajstić information content (AvgIpc) is 2.55. The van der Waals surface area contributed by atoms with E-state index in [0.717, 1.165) is 19.5 Å². The van der Waals surface area contributed by atoms with Crippen LogP contribution in [0.15, 0.2) is 53.0 Å². The zero-order chi connectivity index (χ0) is 16.7. The number of para-hydroxylation sites is 1. The number of hydrogen-bond donors (Lipinski definition) is 1. The van der Waals surface area contributed by atoms with E-state index in [1.54, 1.807) is 0 Å². The van der Waals surface area contributed by atoms with Crippen LogP contribution in [-0.2, 0) is 0 Å². The van der Waals surface area contributed by atoms with Crippen molar-refractivity contribution in [1.82, 2.24) is 5.32 Å². The molecule has 5 heteroatoms. The Morgan fingerprint density at radius 3 is 2.61 bits per heavy atom. The highest BCUT2D eigenvalue weighted by Gasteiger charge is 2.10. The minimum atomic E-state index is -0.366. The monoisotopic (exact) mass is 378 g/mol. The van der Waals surface area contributed by atoms with Crippen LogP contribution in [0.1, 0.15) is 23.7 Å². The SMILES string of the molecule is CCN(CCCNC(=O)c1ccc(F)cc1Br)c1ccccc1. The van der Waals surface area contributed by atoms with E-state index in [0.29, 0.717) is 16.6 Å². The maximum atomic E-state index is 13.0. The van der Waals surface area contributed by atoms with Crippen LogP contribution in [0.2, 0.25) is 0 Å². The second kappa shape index (κ2) is 8.67. The third-order valence-electron chi connectivity index (χ3n) is 3.57. The molecule has 23 heavy (non-hydrogen) atoms. The molecule has 0 bridgehead atoms. The maximum absolute atomic E-state index is 13.0. The molecule has 122 valence electrons. The zero-order valence-electron chi connectivity index (χ0n) is 13.1. The maximum Gasteiger partial charge on any atom is 0.252 e. The summed E-state index contributed by atoms with van der Waals surface area (Å²) in [7, 11) is 0. The van der Waals surface area contributed by atoms with E-state index in [1.165, 1.54) is 23.9 Å². The van der Waals surface area contributed by atoms with E-state index in [9.17, 15) is 9.18 Å². The molecule has 0 aliphatic rings. The summed E-state index contributed by atoms with van der Waals surface area (Å²) in [6, 6.07) is 14.3. The van der Waals surface area contributed by atoms with Crippen LogP contribution in [0.4, 0.5) is 10.1 Å². The second-order valence-electron chi connectivity index (χ2n) is 5.15. The third kappa shape index (κ3) is 5.06. The van der Waals surface area contributed by atoms with Crippen LogP contribution in [-0.4, -0.2) is 25.5 Å². The minimum absolute atomic E-state index is 0.195. The molecule has 0 aliphatic carbocycles. The highest BCUT2D eigenvalue weighted by molar-refractivity contribution is 9.10. The van der Waals surface area contributed by atoms with E-state index in [1.807, 2.05) is 18.2 Å². The van der Waals surface area contributed by atoms with Gasteiger partial charge in [0.25, 0.3) is 5.91 Å². The fourth-order valence-electron chi connectivity index (χ4n) is 2.35. The molecule has 0 saturated carbocycles. The first kappa shape index (κ1) is 17.5. The number of anilines is 1. The molecule has 1 N–H and O–H groups in total. The van der Waals surface area contributed by atoms with Gasteiger partial charge in [0.05, 0.1) is 5.56 Å². The molecule has 0 aliphatic heterocycles. The number of carbonyl (C=O) groups is 1. The Kier molecular flexibility index (Phi) is 6.59. The fraction of sp³-hybridized carbons (Fsp3) is 0.278. The summed E-state index contributed by atoms with van der Waals surface area (Å²) in [4.78, 5) is 14.3.